The summed E-state index contributed by atoms with van der Waals surface area (Å²) in [6, 6.07) is 20.3. The van der Waals surface area contributed by atoms with Gasteiger partial charge in [0.05, 0.1) is 34.2 Å². The number of carbonyl (C=O) groups excluding carboxylic acids is 3. The van der Waals surface area contributed by atoms with Gasteiger partial charge in [0.15, 0.2) is 0 Å². The zero-order chi connectivity index (χ0) is 40.7. The number of ketones is 3. The van der Waals surface area contributed by atoms with E-state index in [4.69, 9.17) is 0 Å². The minimum atomic E-state index is -0.312. The van der Waals surface area contributed by atoms with E-state index >= 15 is 0 Å². The van der Waals surface area contributed by atoms with Crippen LogP contribution in [0.15, 0.2) is 110 Å². The SMILES string of the molecule is C=C([O-])CC(C)=O.C=C([O-])CC(C)=O.C=C([O-])CC(C)=O.Cc1nc(C(C)C)cnc1-c1ccccc1.Cc1nc(C(C)C)cnc1-c1ccccc1.[Ru+3]. The average molecular weight is 823 g/mol. The number of nitrogens with zero attached hydrogens (tertiary/aromatic N) is 4. The van der Waals surface area contributed by atoms with Crippen LogP contribution in [0.1, 0.15) is 102 Å². The second-order valence-electron chi connectivity index (χ2n) is 12.8. The number of Topliss-reactive ketones (excluding diaryl/α,β-unsaturated/α-hetero) is 3. The van der Waals surface area contributed by atoms with Gasteiger partial charge in [0, 0.05) is 42.8 Å². The van der Waals surface area contributed by atoms with Crippen LogP contribution in [0.25, 0.3) is 22.5 Å². The fourth-order valence-electron chi connectivity index (χ4n) is 4.15. The third-order valence-corrected chi connectivity index (χ3v) is 6.55. The summed E-state index contributed by atoms with van der Waals surface area (Å²) >= 11 is 0. The van der Waals surface area contributed by atoms with Crippen molar-refractivity contribution in [2.24, 2.45) is 0 Å². The number of hydrogen-bond acceptors (Lipinski definition) is 10. The molecule has 0 fully saturated rings. The maximum atomic E-state index is 9.99. The van der Waals surface area contributed by atoms with Crippen LogP contribution in [0.5, 0.6) is 0 Å². The molecule has 2 heterocycles. The van der Waals surface area contributed by atoms with Gasteiger partial charge in [0.25, 0.3) is 0 Å². The standard InChI is InChI=1S/2C14H16N2.3C5H8O2.Ru/c2*1-10(2)13-9-15-14(11(3)16-13)12-7-5-4-6-8-12;3*1-4(6)3-5(2)7;/h2*4-10H,1-3H3;3*6H,1,3H2,2H3;/q;;;;;+3/p-3. The minimum Gasteiger partial charge on any atom is -0.876 e. The van der Waals surface area contributed by atoms with Crippen LogP contribution >= 0.6 is 0 Å². The summed E-state index contributed by atoms with van der Waals surface area (Å²) in [5.41, 5.74) is 8.31. The summed E-state index contributed by atoms with van der Waals surface area (Å²) in [7, 11) is 0. The van der Waals surface area contributed by atoms with E-state index in [0.717, 1.165) is 45.3 Å². The van der Waals surface area contributed by atoms with Gasteiger partial charge in [-0.3, -0.25) is 34.3 Å². The normalized spacial score (nSPS) is 9.54. The second-order valence-corrected chi connectivity index (χ2v) is 12.8. The van der Waals surface area contributed by atoms with Gasteiger partial charge in [0.1, 0.15) is 17.3 Å². The van der Waals surface area contributed by atoms with Crippen LogP contribution in [0.3, 0.4) is 0 Å². The van der Waals surface area contributed by atoms with Gasteiger partial charge >= 0.3 is 19.5 Å². The second kappa shape index (κ2) is 27.5. The van der Waals surface area contributed by atoms with Gasteiger partial charge in [0.2, 0.25) is 0 Å². The Labute approximate surface area is 334 Å². The zero-order valence-corrected chi connectivity index (χ0v) is 34.7. The van der Waals surface area contributed by atoms with E-state index in [1.54, 1.807) is 0 Å². The molecular formula is C43H53N4O6Ru. The smallest absolute Gasteiger partial charge is 0.876 e. The Kier molecular flexibility index (Phi) is 25.9. The van der Waals surface area contributed by atoms with E-state index in [2.05, 4.69) is 91.6 Å². The Morgan fingerprint density at radius 3 is 0.981 bits per heavy atom. The third-order valence-electron chi connectivity index (χ3n) is 6.55. The predicted molar refractivity (Wildman–Crippen MR) is 206 cm³/mol. The molecule has 0 spiro atoms. The molecule has 10 nitrogen and oxygen atoms in total. The molecular weight excluding hydrogens is 770 g/mol. The van der Waals surface area contributed by atoms with E-state index < -0.39 is 0 Å². The largest absolute Gasteiger partial charge is 3.00 e. The van der Waals surface area contributed by atoms with Crippen LogP contribution in [-0.4, -0.2) is 37.3 Å². The maximum Gasteiger partial charge on any atom is 3.00 e. The van der Waals surface area contributed by atoms with Crippen LogP contribution in [0.2, 0.25) is 0 Å². The van der Waals surface area contributed by atoms with E-state index in [0.29, 0.717) is 11.8 Å². The molecule has 4 rings (SSSR count). The Balaban J connectivity index is 0. The molecule has 1 radical (unpaired) electrons. The summed E-state index contributed by atoms with van der Waals surface area (Å²) in [5.74, 6) is -0.459. The number of rotatable bonds is 10. The van der Waals surface area contributed by atoms with Crippen molar-refractivity contribution in [1.82, 2.24) is 19.9 Å². The number of aromatic nitrogens is 4. The molecule has 0 saturated carbocycles. The molecule has 0 saturated heterocycles. The molecule has 0 aliphatic heterocycles. The van der Waals surface area contributed by atoms with Crippen molar-refractivity contribution in [3.8, 4) is 22.5 Å². The number of carbonyl (C=O) groups is 3. The predicted octanol–water partition coefficient (Wildman–Crippen LogP) is 6.67. The van der Waals surface area contributed by atoms with Gasteiger partial charge in [-0.05, 0) is 46.5 Å². The average Bonchev–Trinajstić information content (AvgIpc) is 3.04. The van der Waals surface area contributed by atoms with Crippen molar-refractivity contribution < 1.29 is 49.2 Å². The fourth-order valence-corrected chi connectivity index (χ4v) is 4.15. The molecule has 0 unspecified atom stereocenters. The first kappa shape index (κ1) is 51.0. The first-order valence-corrected chi connectivity index (χ1v) is 17.1. The van der Waals surface area contributed by atoms with Crippen LogP contribution in [0.4, 0.5) is 0 Å². The quantitative estimate of drug-likeness (QED) is 0.124. The van der Waals surface area contributed by atoms with Gasteiger partial charge in [-0.2, -0.15) is 0 Å². The number of aryl methyl sites for hydroxylation is 2. The summed E-state index contributed by atoms with van der Waals surface area (Å²) < 4.78 is 0. The Morgan fingerprint density at radius 1 is 0.556 bits per heavy atom. The zero-order valence-electron chi connectivity index (χ0n) is 32.9. The van der Waals surface area contributed by atoms with E-state index in [1.807, 2.05) is 62.6 Å². The molecule has 0 bridgehead atoms. The van der Waals surface area contributed by atoms with Gasteiger partial charge in [-0.25, -0.2) is 0 Å². The maximum absolute atomic E-state index is 9.99. The van der Waals surface area contributed by atoms with Gasteiger partial charge in [-0.15, -0.1) is 37.0 Å². The van der Waals surface area contributed by atoms with Gasteiger partial charge < -0.3 is 15.3 Å². The Bertz CT molecular complexity index is 1600. The summed E-state index contributed by atoms with van der Waals surface area (Å²) in [4.78, 5) is 48.2. The monoisotopic (exact) mass is 823 g/mol. The van der Waals surface area contributed by atoms with Crippen molar-refractivity contribution in [2.75, 3.05) is 0 Å². The molecule has 0 atom stereocenters. The van der Waals surface area contributed by atoms with Crippen molar-refractivity contribution >= 4 is 17.3 Å². The third kappa shape index (κ3) is 23.4. The minimum absolute atomic E-state index is 0. The van der Waals surface area contributed by atoms with E-state index in [1.165, 1.54) is 20.8 Å². The first-order chi connectivity index (χ1) is 24.7. The number of allylic oxidation sites excluding steroid dienone is 3. The van der Waals surface area contributed by atoms with Crippen LogP contribution in [0, 0.1) is 13.8 Å². The van der Waals surface area contributed by atoms with Crippen LogP contribution in [-0.2, 0) is 33.9 Å². The van der Waals surface area contributed by atoms with Crippen molar-refractivity contribution in [1.29, 1.82) is 0 Å². The van der Waals surface area contributed by atoms with Crippen LogP contribution < -0.4 is 15.3 Å². The molecule has 2 aromatic heterocycles. The molecule has 0 aliphatic carbocycles. The Morgan fingerprint density at radius 2 is 0.815 bits per heavy atom. The first-order valence-electron chi connectivity index (χ1n) is 17.1. The van der Waals surface area contributed by atoms with Crippen molar-refractivity contribution in [2.45, 2.75) is 93.4 Å². The molecule has 54 heavy (non-hydrogen) atoms. The Hall–Kier alpha value is -5.15. The molecule has 0 aliphatic rings. The molecule has 0 N–H and O–H groups in total. The molecule has 11 heteroatoms. The number of benzene rings is 2. The van der Waals surface area contributed by atoms with Crippen molar-refractivity contribution in [3.05, 3.63) is 133 Å². The summed E-state index contributed by atoms with van der Waals surface area (Å²) in [5, 5.41) is 29.8. The summed E-state index contributed by atoms with van der Waals surface area (Å²) in [6.45, 7) is 25.7. The van der Waals surface area contributed by atoms with E-state index in [9.17, 15) is 29.7 Å². The molecule has 0 amide bonds. The van der Waals surface area contributed by atoms with Crippen molar-refractivity contribution in [3.63, 3.8) is 0 Å². The fraction of sp³-hybridized carbons (Fsp3) is 0.326. The molecule has 2 aromatic carbocycles. The number of hydrogen-bond donors (Lipinski definition) is 0. The van der Waals surface area contributed by atoms with E-state index in [-0.39, 0.29) is 73.4 Å². The topological polar surface area (TPSA) is 172 Å². The van der Waals surface area contributed by atoms with Gasteiger partial charge in [-0.1, -0.05) is 88.4 Å². The molecule has 4 aromatic rings. The molecule has 289 valence electrons. The summed E-state index contributed by atoms with van der Waals surface area (Å²) in [6.07, 6.45) is 3.67.